The highest BCUT2D eigenvalue weighted by atomic mass is 16.5. The molecular formula is C23H26N2O2. The maximum Gasteiger partial charge on any atom is 0.309 e. The fourth-order valence-corrected chi connectivity index (χ4v) is 4.95. The lowest BCUT2D eigenvalue weighted by Crippen LogP contribution is -2.55. The van der Waals surface area contributed by atoms with Crippen LogP contribution in [-0.4, -0.2) is 35.0 Å². The summed E-state index contributed by atoms with van der Waals surface area (Å²) in [6, 6.07) is 10.5. The summed E-state index contributed by atoms with van der Waals surface area (Å²) in [5, 5.41) is 1.09. The molecule has 4 heteroatoms. The topological polar surface area (TPSA) is 42.4 Å². The molecule has 1 aliphatic carbocycles. The molecule has 6 rings (SSSR count). The molecule has 4 aliphatic rings. The monoisotopic (exact) mass is 362 g/mol. The second-order valence-electron chi connectivity index (χ2n) is 8.30. The van der Waals surface area contributed by atoms with Crippen molar-refractivity contribution in [2.24, 2.45) is 17.8 Å². The number of nitrogens with zero attached hydrogens (tertiary/aromatic N) is 2. The Balaban J connectivity index is 1.53. The largest absolute Gasteiger partial charge is 0.456 e. The van der Waals surface area contributed by atoms with Crippen LogP contribution < -0.4 is 0 Å². The lowest BCUT2D eigenvalue weighted by atomic mass is 9.73. The predicted octanol–water partition coefficient (Wildman–Crippen LogP) is 4.13. The number of carbonyl (C=O) groups excluding carboxylic acids is 1. The van der Waals surface area contributed by atoms with Crippen molar-refractivity contribution in [3.05, 3.63) is 54.7 Å². The molecule has 0 radical (unpaired) electrons. The molecule has 2 aromatic rings. The Morgan fingerprint density at radius 3 is 2.85 bits per heavy atom. The molecule has 27 heavy (non-hydrogen) atoms. The van der Waals surface area contributed by atoms with Crippen LogP contribution in [0.5, 0.6) is 0 Å². The third-order valence-corrected chi connectivity index (χ3v) is 6.65. The van der Waals surface area contributed by atoms with Gasteiger partial charge in [-0.25, -0.2) is 0 Å². The Labute approximate surface area is 160 Å². The number of para-hydroxylation sites is 1. The van der Waals surface area contributed by atoms with Gasteiger partial charge in [0.2, 0.25) is 0 Å². The molecule has 1 aromatic heterocycles. The first-order valence-corrected chi connectivity index (χ1v) is 10.2. The summed E-state index contributed by atoms with van der Waals surface area (Å²) in [4.78, 5) is 19.6. The van der Waals surface area contributed by atoms with Gasteiger partial charge < -0.3 is 4.74 Å². The lowest BCUT2D eigenvalue weighted by Gasteiger charge is -2.51. The molecular weight excluding hydrogens is 336 g/mol. The smallest absolute Gasteiger partial charge is 0.309 e. The van der Waals surface area contributed by atoms with E-state index in [2.05, 4.69) is 28.6 Å². The van der Waals surface area contributed by atoms with E-state index in [0.717, 1.165) is 48.8 Å². The first-order chi connectivity index (χ1) is 13.2. The summed E-state index contributed by atoms with van der Waals surface area (Å²) in [6.07, 6.45) is 7.96. The minimum Gasteiger partial charge on any atom is -0.456 e. The Bertz CT molecular complexity index is 870. The van der Waals surface area contributed by atoms with Crippen LogP contribution in [0.25, 0.3) is 10.9 Å². The first-order valence-electron chi connectivity index (χ1n) is 10.2. The molecule has 0 spiro atoms. The minimum atomic E-state index is -0.223. The third-order valence-electron chi connectivity index (χ3n) is 6.65. The first kappa shape index (κ1) is 16.9. The van der Waals surface area contributed by atoms with Gasteiger partial charge in [0, 0.05) is 23.7 Å². The number of fused-ring (bicyclic) bond motifs is 4. The van der Waals surface area contributed by atoms with Crippen LogP contribution in [-0.2, 0) is 9.53 Å². The van der Waals surface area contributed by atoms with Crippen molar-refractivity contribution in [3.63, 3.8) is 0 Å². The summed E-state index contributed by atoms with van der Waals surface area (Å²) in [7, 11) is 0. The lowest BCUT2D eigenvalue weighted by molar-refractivity contribution is -0.158. The van der Waals surface area contributed by atoms with Crippen molar-refractivity contribution in [1.29, 1.82) is 0 Å². The van der Waals surface area contributed by atoms with Gasteiger partial charge in [0.15, 0.2) is 0 Å². The van der Waals surface area contributed by atoms with Crippen molar-refractivity contribution in [2.45, 2.75) is 37.8 Å². The Morgan fingerprint density at radius 2 is 2.11 bits per heavy atom. The quantitative estimate of drug-likeness (QED) is 0.593. The van der Waals surface area contributed by atoms with E-state index >= 15 is 0 Å². The molecule has 5 atom stereocenters. The zero-order valence-corrected chi connectivity index (χ0v) is 15.6. The van der Waals surface area contributed by atoms with Crippen molar-refractivity contribution in [3.8, 4) is 0 Å². The van der Waals surface area contributed by atoms with E-state index in [9.17, 15) is 4.79 Å². The van der Waals surface area contributed by atoms with E-state index in [4.69, 9.17) is 4.74 Å². The second kappa shape index (κ2) is 6.75. The summed E-state index contributed by atoms with van der Waals surface area (Å²) >= 11 is 0. The summed E-state index contributed by atoms with van der Waals surface area (Å²) in [5.74, 6) is 1.29. The zero-order valence-electron chi connectivity index (χ0n) is 15.6. The van der Waals surface area contributed by atoms with Crippen LogP contribution in [0.1, 0.15) is 37.4 Å². The van der Waals surface area contributed by atoms with Crippen molar-refractivity contribution in [1.82, 2.24) is 9.88 Å². The SMILES string of the molecule is C=C[C@@H]1CN2CC[C@@H]1C[C@H]2[C@H](OC(=O)C1CC1)c1ccnc2ccccc12. The highest BCUT2D eigenvalue weighted by molar-refractivity contribution is 5.83. The number of aromatic nitrogens is 1. The Kier molecular flexibility index (Phi) is 4.24. The fraction of sp³-hybridized carbons (Fsp3) is 0.478. The van der Waals surface area contributed by atoms with Gasteiger partial charge >= 0.3 is 5.97 Å². The van der Waals surface area contributed by atoms with E-state index in [1.54, 1.807) is 0 Å². The highest BCUT2D eigenvalue weighted by Crippen LogP contribution is 2.44. The molecule has 4 heterocycles. The maximum absolute atomic E-state index is 12.6. The van der Waals surface area contributed by atoms with Gasteiger partial charge in [-0.15, -0.1) is 6.58 Å². The van der Waals surface area contributed by atoms with Gasteiger partial charge in [0.25, 0.3) is 0 Å². The van der Waals surface area contributed by atoms with E-state index in [-0.39, 0.29) is 24.0 Å². The Hall–Kier alpha value is -2.20. The molecule has 0 N–H and O–H groups in total. The van der Waals surface area contributed by atoms with Crippen molar-refractivity contribution < 1.29 is 9.53 Å². The van der Waals surface area contributed by atoms with Crippen LogP contribution in [0, 0.1) is 17.8 Å². The molecule has 0 amide bonds. The van der Waals surface area contributed by atoms with Crippen LogP contribution in [0.15, 0.2) is 49.2 Å². The molecule has 4 nitrogen and oxygen atoms in total. The number of hydrogen-bond acceptors (Lipinski definition) is 4. The number of rotatable bonds is 5. The van der Waals surface area contributed by atoms with Gasteiger partial charge in [0.1, 0.15) is 6.10 Å². The molecule has 1 saturated carbocycles. The fourth-order valence-electron chi connectivity index (χ4n) is 4.95. The van der Waals surface area contributed by atoms with Crippen LogP contribution in [0.3, 0.4) is 0 Å². The van der Waals surface area contributed by atoms with Gasteiger partial charge in [-0.2, -0.15) is 0 Å². The van der Waals surface area contributed by atoms with Gasteiger partial charge in [0.05, 0.1) is 17.5 Å². The number of ether oxygens (including phenoxy) is 1. The van der Waals surface area contributed by atoms with Crippen LogP contribution in [0.4, 0.5) is 0 Å². The van der Waals surface area contributed by atoms with Gasteiger partial charge in [-0.05, 0) is 56.2 Å². The molecule has 1 aromatic carbocycles. The van der Waals surface area contributed by atoms with E-state index < -0.39 is 0 Å². The molecule has 3 aliphatic heterocycles. The number of hydrogen-bond donors (Lipinski definition) is 0. The Morgan fingerprint density at radius 1 is 1.26 bits per heavy atom. The standard InChI is InChI=1S/C23H26N2O2/c1-2-15-14-25-12-10-17(15)13-21(25)22(27-23(26)16-7-8-16)19-9-11-24-20-6-4-3-5-18(19)20/h2-6,9,11,15-17,21-22H,1,7-8,10,12-14H2/t15-,17-,21+,22-/m1/s1. The number of esters is 1. The number of piperidine rings is 3. The molecule has 1 unspecified atom stereocenters. The summed E-state index contributed by atoms with van der Waals surface area (Å²) in [5.41, 5.74) is 2.06. The molecule has 2 bridgehead atoms. The molecule has 4 fully saturated rings. The van der Waals surface area contributed by atoms with Gasteiger partial charge in [-0.1, -0.05) is 24.3 Å². The van der Waals surface area contributed by atoms with E-state index in [0.29, 0.717) is 11.8 Å². The number of carbonyl (C=O) groups is 1. The van der Waals surface area contributed by atoms with Gasteiger partial charge in [-0.3, -0.25) is 14.7 Å². The third kappa shape index (κ3) is 3.06. The maximum atomic E-state index is 12.6. The average molecular weight is 362 g/mol. The van der Waals surface area contributed by atoms with E-state index in [1.165, 1.54) is 6.42 Å². The van der Waals surface area contributed by atoms with Crippen LogP contribution >= 0.6 is 0 Å². The molecule has 140 valence electrons. The average Bonchev–Trinajstić information content (AvgIpc) is 3.57. The zero-order chi connectivity index (χ0) is 18.4. The number of benzene rings is 1. The summed E-state index contributed by atoms with van der Waals surface area (Å²) in [6.45, 7) is 6.14. The summed E-state index contributed by atoms with van der Waals surface area (Å²) < 4.78 is 6.20. The van der Waals surface area contributed by atoms with Crippen molar-refractivity contribution in [2.75, 3.05) is 13.1 Å². The van der Waals surface area contributed by atoms with Crippen LogP contribution in [0.2, 0.25) is 0 Å². The second-order valence-corrected chi connectivity index (χ2v) is 8.30. The minimum absolute atomic E-state index is 0.0242. The highest BCUT2D eigenvalue weighted by Gasteiger charge is 2.45. The molecule has 3 saturated heterocycles. The van der Waals surface area contributed by atoms with Crippen molar-refractivity contribution >= 4 is 16.9 Å². The van der Waals surface area contributed by atoms with E-state index in [1.807, 2.05) is 30.5 Å². The number of pyridine rings is 1. The normalized spacial score (nSPS) is 30.8. The predicted molar refractivity (Wildman–Crippen MR) is 105 cm³/mol.